The number of aromatic nitrogens is 3. The predicted molar refractivity (Wildman–Crippen MR) is 241 cm³/mol. The van der Waals surface area contributed by atoms with Crippen LogP contribution in [0.4, 0.5) is 25.8 Å². The number of anilines is 3. The Morgan fingerprint density at radius 1 is 0.831 bits per heavy atom. The van der Waals surface area contributed by atoms with Crippen molar-refractivity contribution < 1.29 is 32.7 Å². The number of benzene rings is 3. The van der Waals surface area contributed by atoms with E-state index >= 15 is 8.78 Å². The Morgan fingerprint density at radius 3 is 2.34 bits per heavy atom. The first kappa shape index (κ1) is 42.5. The monoisotopic (exact) mass is 886 g/mol. The molecule has 16 heteroatoms. The van der Waals surface area contributed by atoms with Crippen LogP contribution in [0.1, 0.15) is 94.8 Å². The van der Waals surface area contributed by atoms with Gasteiger partial charge in [-0.05, 0) is 105 Å². The van der Waals surface area contributed by atoms with Gasteiger partial charge >= 0.3 is 0 Å². The minimum Gasteiger partial charge on any atom is -0.497 e. The fourth-order valence-electron chi connectivity index (χ4n) is 10.8. The maximum absolute atomic E-state index is 15.0. The number of methoxy groups -OCH3 is 1. The van der Waals surface area contributed by atoms with Gasteiger partial charge in [0.25, 0.3) is 23.8 Å². The number of nitrogens with zero attached hydrogens (tertiary/aromatic N) is 7. The first-order valence-electron chi connectivity index (χ1n) is 22.6. The number of aryl methyl sites for hydroxylation is 3. The van der Waals surface area contributed by atoms with Crippen LogP contribution >= 0.6 is 0 Å². The molecule has 2 aromatic heterocycles. The van der Waals surface area contributed by atoms with Gasteiger partial charge in [0.1, 0.15) is 11.8 Å². The van der Waals surface area contributed by atoms with Crippen LogP contribution in [0.25, 0.3) is 22.0 Å². The number of alkyl halides is 2. The number of carbonyl (C=O) groups is 4. The lowest BCUT2D eigenvalue weighted by molar-refractivity contribution is -0.136. The molecule has 1 unspecified atom stereocenters. The van der Waals surface area contributed by atoms with Crippen LogP contribution in [0.3, 0.4) is 0 Å². The van der Waals surface area contributed by atoms with Crippen LogP contribution in [-0.4, -0.2) is 100 Å². The molecule has 5 aliphatic rings. The summed E-state index contributed by atoms with van der Waals surface area (Å²) in [7, 11) is 3.32. The largest absolute Gasteiger partial charge is 0.497 e. The Bertz CT molecular complexity index is 2820. The summed E-state index contributed by atoms with van der Waals surface area (Å²) < 4.78 is 39.3. The van der Waals surface area contributed by atoms with E-state index in [0.717, 1.165) is 104 Å². The summed E-state index contributed by atoms with van der Waals surface area (Å²) in [5.41, 5.74) is 6.33. The zero-order valence-corrected chi connectivity index (χ0v) is 36.8. The normalized spacial score (nSPS) is 20.0. The predicted octanol–water partition coefficient (Wildman–Crippen LogP) is 6.70. The SMILES string of the molecule is COc1cc(N2CCCc3cc(-c4cnn(C5CCN(CC6CCN(c7ccc8c(c7)C(=O)N(C7CCC(=O)NC7=O)C8=O)CC6)CC5)c4)c(C(F)F)cc32)c2cc(C)c(=O)n(C)c2c1. The van der Waals surface area contributed by atoms with E-state index in [9.17, 15) is 24.0 Å². The smallest absolute Gasteiger partial charge is 0.264 e. The molecule has 0 saturated carbocycles. The first-order chi connectivity index (χ1) is 31.4. The first-order valence-corrected chi connectivity index (χ1v) is 22.6. The third-order valence-electron chi connectivity index (χ3n) is 14.4. The highest BCUT2D eigenvalue weighted by Gasteiger charge is 2.45. The number of hydrogen-bond donors (Lipinski definition) is 1. The van der Waals surface area contributed by atoms with Crippen LogP contribution in [0.2, 0.25) is 0 Å². The zero-order chi connectivity index (χ0) is 45.3. The quantitative estimate of drug-likeness (QED) is 0.159. The summed E-state index contributed by atoms with van der Waals surface area (Å²) in [6.45, 7) is 6.86. The minimum atomic E-state index is -2.70. The van der Waals surface area contributed by atoms with E-state index in [0.29, 0.717) is 46.0 Å². The fourth-order valence-corrected chi connectivity index (χ4v) is 10.8. The Kier molecular flexibility index (Phi) is 11.0. The number of pyridine rings is 1. The van der Waals surface area contributed by atoms with Crippen LogP contribution in [0, 0.1) is 12.8 Å². The maximum atomic E-state index is 15.0. The van der Waals surface area contributed by atoms with Crippen molar-refractivity contribution in [2.45, 2.75) is 76.8 Å². The van der Waals surface area contributed by atoms with Crippen molar-refractivity contribution in [2.75, 3.05) is 56.2 Å². The van der Waals surface area contributed by atoms with Gasteiger partial charge in [-0.25, -0.2) is 8.78 Å². The zero-order valence-electron chi connectivity index (χ0n) is 36.8. The number of amides is 4. The van der Waals surface area contributed by atoms with E-state index in [1.807, 2.05) is 41.2 Å². The van der Waals surface area contributed by atoms with E-state index in [-0.39, 0.29) is 35.6 Å². The molecule has 65 heavy (non-hydrogen) atoms. The Balaban J connectivity index is 0.777. The maximum Gasteiger partial charge on any atom is 0.264 e. The van der Waals surface area contributed by atoms with Crippen molar-refractivity contribution >= 4 is 51.6 Å². The Hall–Kier alpha value is -6.42. The fraction of sp³-hybridized carbons (Fsp3) is 0.429. The van der Waals surface area contributed by atoms with E-state index in [1.54, 1.807) is 50.0 Å². The van der Waals surface area contributed by atoms with Crippen molar-refractivity contribution in [3.8, 4) is 16.9 Å². The second-order valence-corrected chi connectivity index (χ2v) is 18.2. The van der Waals surface area contributed by atoms with Crippen molar-refractivity contribution in [3.63, 3.8) is 0 Å². The lowest BCUT2D eigenvalue weighted by Gasteiger charge is -2.38. The van der Waals surface area contributed by atoms with Crippen molar-refractivity contribution in [2.24, 2.45) is 13.0 Å². The molecule has 5 aliphatic heterocycles. The average molecular weight is 887 g/mol. The van der Waals surface area contributed by atoms with Crippen LogP contribution in [0.15, 0.2) is 65.7 Å². The number of nitrogens with one attached hydrogen (secondary N) is 1. The topological polar surface area (TPSA) is 142 Å². The van der Waals surface area contributed by atoms with E-state index < -0.39 is 36.1 Å². The second-order valence-electron chi connectivity index (χ2n) is 18.2. The molecule has 0 radical (unpaired) electrons. The number of likely N-dealkylation sites (tertiary alicyclic amines) is 1. The molecule has 1 N–H and O–H groups in total. The third-order valence-corrected chi connectivity index (χ3v) is 14.4. The molecule has 0 bridgehead atoms. The van der Waals surface area contributed by atoms with Crippen molar-refractivity contribution in [1.82, 2.24) is 29.5 Å². The van der Waals surface area contributed by atoms with Gasteiger partial charge in [0, 0.05) is 105 Å². The summed E-state index contributed by atoms with van der Waals surface area (Å²) in [5.74, 6) is -0.933. The molecule has 3 aromatic carbocycles. The number of ether oxygens (including phenoxy) is 1. The molecular formula is C49H52F2N8O6. The van der Waals surface area contributed by atoms with Gasteiger partial charge < -0.3 is 24.0 Å². The van der Waals surface area contributed by atoms with E-state index in [2.05, 4.69) is 20.0 Å². The Morgan fingerprint density at radius 2 is 1.60 bits per heavy atom. The molecule has 14 nitrogen and oxygen atoms in total. The highest BCUT2D eigenvalue weighted by Crippen LogP contribution is 2.44. The summed E-state index contributed by atoms with van der Waals surface area (Å²) in [5, 5.41) is 7.83. The van der Waals surface area contributed by atoms with Gasteiger partial charge in [-0.2, -0.15) is 5.10 Å². The Labute approximate surface area is 374 Å². The molecule has 1 atom stereocenters. The van der Waals surface area contributed by atoms with Gasteiger partial charge in [-0.3, -0.25) is 38.9 Å². The molecule has 5 aromatic rings. The molecule has 4 amide bonds. The number of carbonyl (C=O) groups excluding carboxylic acids is 4. The summed E-state index contributed by atoms with van der Waals surface area (Å²) in [4.78, 5) is 71.5. The highest BCUT2D eigenvalue weighted by atomic mass is 19.3. The second kappa shape index (κ2) is 16.9. The average Bonchev–Trinajstić information content (AvgIpc) is 3.90. The van der Waals surface area contributed by atoms with Crippen molar-refractivity contribution in [1.29, 1.82) is 0 Å². The molecule has 0 aliphatic carbocycles. The van der Waals surface area contributed by atoms with Crippen LogP contribution in [0.5, 0.6) is 5.75 Å². The lowest BCUT2D eigenvalue weighted by atomic mass is 9.92. The molecule has 338 valence electrons. The molecule has 3 saturated heterocycles. The lowest BCUT2D eigenvalue weighted by Crippen LogP contribution is -2.54. The summed E-state index contributed by atoms with van der Waals surface area (Å²) in [6.07, 6.45) is 6.49. The van der Waals surface area contributed by atoms with Gasteiger partial charge in [0.15, 0.2) is 0 Å². The van der Waals surface area contributed by atoms with Gasteiger partial charge in [-0.1, -0.05) is 0 Å². The number of rotatable bonds is 9. The van der Waals surface area contributed by atoms with E-state index in [4.69, 9.17) is 9.84 Å². The number of hydrogen-bond acceptors (Lipinski definition) is 10. The number of imide groups is 2. The molecule has 7 heterocycles. The van der Waals surface area contributed by atoms with Crippen molar-refractivity contribution in [3.05, 3.63) is 99.1 Å². The van der Waals surface area contributed by atoms with Gasteiger partial charge in [0.05, 0.1) is 41.7 Å². The molecular weight excluding hydrogens is 835 g/mol. The molecule has 3 fully saturated rings. The van der Waals surface area contributed by atoms with Crippen LogP contribution < -0.4 is 25.4 Å². The third kappa shape index (κ3) is 7.64. The van der Waals surface area contributed by atoms with E-state index in [1.165, 1.54) is 0 Å². The standard InChI is InChI=1S/C49H52F2N8O6/c1-28-19-39-42(54(2)47(28)62)22-34(65-3)23-43(39)57-14-4-5-30-20-36(37(45(50)51)24-41(30)57)31-25-52-58(27-31)32-12-15-55(16-13-32)26-29-10-17-56(18-11-29)33-6-7-35-38(21-33)49(64)59(48(35)63)40-8-9-44(60)53-46(40)61/h6-7,19-25,27,29,32,40,45H,4-5,8-18,26H2,1-3H3,(H,53,60,61). The number of piperidine rings is 3. The number of fused-ring (bicyclic) bond motifs is 3. The molecule has 10 rings (SSSR count). The highest BCUT2D eigenvalue weighted by molar-refractivity contribution is 6.23. The number of halogens is 2. The van der Waals surface area contributed by atoms with Crippen LogP contribution in [-0.2, 0) is 23.1 Å². The van der Waals surface area contributed by atoms with Gasteiger partial charge in [-0.15, -0.1) is 0 Å². The minimum absolute atomic E-state index is 0.0389. The summed E-state index contributed by atoms with van der Waals surface area (Å²) in [6, 6.07) is 13.7. The summed E-state index contributed by atoms with van der Waals surface area (Å²) >= 11 is 0. The molecule has 0 spiro atoms. The van der Waals surface area contributed by atoms with Gasteiger partial charge in [0.2, 0.25) is 11.8 Å².